The van der Waals surface area contributed by atoms with Crippen molar-refractivity contribution < 1.29 is 22.7 Å². The van der Waals surface area contributed by atoms with Crippen molar-refractivity contribution in [3.63, 3.8) is 0 Å². The maximum atomic E-state index is 12.5. The van der Waals surface area contributed by atoms with Crippen LogP contribution in [0.2, 0.25) is 0 Å². The lowest BCUT2D eigenvalue weighted by Gasteiger charge is -2.23. The van der Waals surface area contributed by atoms with Crippen LogP contribution in [0.3, 0.4) is 0 Å². The molecule has 0 saturated carbocycles. The number of hydrazone groups is 1. The highest BCUT2D eigenvalue weighted by atomic mass is 32.2. The summed E-state index contributed by atoms with van der Waals surface area (Å²) < 4.78 is 30.9. The van der Waals surface area contributed by atoms with Crippen molar-refractivity contribution in [2.24, 2.45) is 5.10 Å². The summed E-state index contributed by atoms with van der Waals surface area (Å²) in [6.45, 7) is 4.43. The van der Waals surface area contributed by atoms with Gasteiger partial charge < -0.3 is 10.1 Å². The summed E-state index contributed by atoms with van der Waals surface area (Å²) in [6.07, 6.45) is 1.02. The molecule has 9 nitrogen and oxygen atoms in total. The fourth-order valence-electron chi connectivity index (χ4n) is 2.78. The van der Waals surface area contributed by atoms with Gasteiger partial charge in [0.2, 0.25) is 15.9 Å². The van der Waals surface area contributed by atoms with E-state index >= 15 is 0 Å². The minimum atomic E-state index is -3.77. The normalized spacial score (nSPS) is 11.6. The zero-order valence-corrected chi connectivity index (χ0v) is 18.9. The molecule has 0 spiro atoms. The van der Waals surface area contributed by atoms with E-state index in [4.69, 9.17) is 4.74 Å². The number of aryl methyl sites for hydroxylation is 1. The Bertz CT molecular complexity index is 1110. The Hall–Kier alpha value is -3.40. The number of ether oxygens (including phenoxy) is 1. The number of sulfonamides is 1. The molecule has 166 valence electrons. The summed E-state index contributed by atoms with van der Waals surface area (Å²) in [5.41, 5.74) is 5.24. The number of amides is 2. The minimum Gasteiger partial charge on any atom is -0.495 e. The van der Waals surface area contributed by atoms with E-state index in [-0.39, 0.29) is 11.6 Å². The molecule has 10 heteroatoms. The molecule has 2 amide bonds. The third-order valence-corrected chi connectivity index (χ3v) is 5.37. The molecule has 0 aliphatic carbocycles. The largest absolute Gasteiger partial charge is 0.495 e. The van der Waals surface area contributed by atoms with Crippen LogP contribution in [0.25, 0.3) is 0 Å². The molecule has 0 atom stereocenters. The molecule has 0 aliphatic heterocycles. The van der Waals surface area contributed by atoms with Gasteiger partial charge in [0.25, 0.3) is 5.91 Å². The number of nitrogens with one attached hydrogen (secondary N) is 2. The SMILES string of the molecule is COc1ccc(C)cc1N(CC(=O)N/N=C(/C)c1cccc(NC(C)=O)c1)S(C)(=O)=O. The standard InChI is InChI=1S/C21H26N4O5S/c1-14-9-10-20(30-4)19(11-14)25(31(5,28)29)13-21(27)24-23-15(2)17-7-6-8-18(12-17)22-16(3)26/h6-12H,13H2,1-5H3,(H,22,26)(H,24,27)/b23-15-. The molecule has 0 aromatic heterocycles. The highest BCUT2D eigenvalue weighted by molar-refractivity contribution is 7.92. The first kappa shape index (κ1) is 23.9. The van der Waals surface area contributed by atoms with Gasteiger partial charge >= 0.3 is 0 Å². The first-order chi connectivity index (χ1) is 14.5. The highest BCUT2D eigenvalue weighted by Crippen LogP contribution is 2.30. The van der Waals surface area contributed by atoms with Gasteiger partial charge in [0.1, 0.15) is 12.3 Å². The van der Waals surface area contributed by atoms with Crippen molar-refractivity contribution in [3.8, 4) is 5.75 Å². The molecule has 2 aromatic rings. The number of rotatable bonds is 8. The van der Waals surface area contributed by atoms with E-state index in [1.807, 2.05) is 6.92 Å². The minimum absolute atomic E-state index is 0.201. The summed E-state index contributed by atoms with van der Waals surface area (Å²) in [5.74, 6) is -0.489. The molecule has 2 aromatic carbocycles. The summed E-state index contributed by atoms with van der Waals surface area (Å²) in [4.78, 5) is 23.7. The van der Waals surface area contributed by atoms with Crippen molar-refractivity contribution in [1.29, 1.82) is 0 Å². The lowest BCUT2D eigenvalue weighted by atomic mass is 10.1. The Morgan fingerprint density at radius 1 is 1.13 bits per heavy atom. The molecule has 31 heavy (non-hydrogen) atoms. The second kappa shape index (κ2) is 10.1. The summed E-state index contributed by atoms with van der Waals surface area (Å²) in [7, 11) is -2.34. The molecular weight excluding hydrogens is 420 g/mol. The van der Waals surface area contributed by atoms with Crippen molar-refractivity contribution in [3.05, 3.63) is 53.6 Å². The van der Waals surface area contributed by atoms with E-state index in [9.17, 15) is 18.0 Å². The Labute approximate surface area is 182 Å². The van der Waals surface area contributed by atoms with E-state index in [1.54, 1.807) is 49.4 Å². The first-order valence-electron chi connectivity index (χ1n) is 9.34. The maximum absolute atomic E-state index is 12.5. The van der Waals surface area contributed by atoms with Gasteiger partial charge in [0.05, 0.1) is 24.8 Å². The van der Waals surface area contributed by atoms with E-state index in [0.29, 0.717) is 22.7 Å². The average molecular weight is 447 g/mol. The second-order valence-corrected chi connectivity index (χ2v) is 8.85. The fourth-order valence-corrected chi connectivity index (χ4v) is 3.63. The van der Waals surface area contributed by atoms with E-state index < -0.39 is 22.5 Å². The summed E-state index contributed by atoms with van der Waals surface area (Å²) in [5, 5.41) is 6.73. The lowest BCUT2D eigenvalue weighted by Crippen LogP contribution is -2.39. The monoisotopic (exact) mass is 446 g/mol. The van der Waals surface area contributed by atoms with E-state index in [2.05, 4.69) is 15.8 Å². The molecule has 2 N–H and O–H groups in total. The summed E-state index contributed by atoms with van der Waals surface area (Å²) >= 11 is 0. The number of anilines is 2. The van der Waals surface area contributed by atoms with Gasteiger partial charge in [-0.3, -0.25) is 13.9 Å². The van der Waals surface area contributed by atoms with Crippen LogP contribution in [-0.2, 0) is 19.6 Å². The molecular formula is C21H26N4O5S. The lowest BCUT2D eigenvalue weighted by molar-refractivity contribution is -0.119. The zero-order chi connectivity index (χ0) is 23.2. The van der Waals surface area contributed by atoms with Crippen LogP contribution in [0.1, 0.15) is 25.0 Å². The van der Waals surface area contributed by atoms with Gasteiger partial charge in [0.15, 0.2) is 0 Å². The molecule has 0 aliphatic rings. The average Bonchev–Trinajstić information content (AvgIpc) is 2.69. The second-order valence-electron chi connectivity index (χ2n) is 6.94. The fraction of sp³-hybridized carbons (Fsp3) is 0.286. The van der Waals surface area contributed by atoms with Crippen LogP contribution >= 0.6 is 0 Å². The third kappa shape index (κ3) is 6.82. The number of hydrogen-bond donors (Lipinski definition) is 2. The van der Waals surface area contributed by atoms with Gasteiger partial charge in [0, 0.05) is 12.6 Å². The Balaban J connectivity index is 2.21. The maximum Gasteiger partial charge on any atom is 0.260 e. The topological polar surface area (TPSA) is 117 Å². The Morgan fingerprint density at radius 2 is 1.84 bits per heavy atom. The first-order valence-corrected chi connectivity index (χ1v) is 11.2. The number of methoxy groups -OCH3 is 1. The summed E-state index contributed by atoms with van der Waals surface area (Å²) in [6, 6.07) is 12.0. The molecule has 0 radical (unpaired) electrons. The molecule has 2 rings (SSSR count). The highest BCUT2D eigenvalue weighted by Gasteiger charge is 2.24. The molecule has 0 heterocycles. The van der Waals surface area contributed by atoms with Gasteiger partial charge in [-0.15, -0.1) is 0 Å². The predicted molar refractivity (Wildman–Crippen MR) is 121 cm³/mol. The third-order valence-electron chi connectivity index (χ3n) is 4.24. The van der Waals surface area contributed by atoms with Crippen LogP contribution in [0, 0.1) is 6.92 Å². The van der Waals surface area contributed by atoms with Gasteiger partial charge in [-0.1, -0.05) is 18.2 Å². The zero-order valence-electron chi connectivity index (χ0n) is 18.1. The van der Waals surface area contributed by atoms with Gasteiger partial charge in [-0.2, -0.15) is 5.10 Å². The van der Waals surface area contributed by atoms with Crippen LogP contribution < -0.4 is 19.8 Å². The quantitative estimate of drug-likeness (QED) is 0.477. The molecule has 0 fully saturated rings. The van der Waals surface area contributed by atoms with Crippen molar-refractivity contribution >= 4 is 38.9 Å². The molecule has 0 unspecified atom stereocenters. The predicted octanol–water partition coefficient (Wildman–Crippen LogP) is 2.27. The number of benzene rings is 2. The Morgan fingerprint density at radius 3 is 2.45 bits per heavy atom. The number of hydrogen-bond acceptors (Lipinski definition) is 6. The van der Waals surface area contributed by atoms with Crippen molar-refractivity contribution in [2.45, 2.75) is 20.8 Å². The number of carbonyl (C=O) groups excluding carboxylic acids is 2. The Kier molecular flexibility index (Phi) is 7.76. The van der Waals surface area contributed by atoms with E-state index in [0.717, 1.165) is 16.1 Å². The van der Waals surface area contributed by atoms with Crippen molar-refractivity contribution in [2.75, 3.05) is 29.5 Å². The molecule has 0 bridgehead atoms. The smallest absolute Gasteiger partial charge is 0.260 e. The number of carbonyl (C=O) groups is 2. The van der Waals surface area contributed by atoms with Crippen LogP contribution in [0.4, 0.5) is 11.4 Å². The van der Waals surface area contributed by atoms with Gasteiger partial charge in [-0.25, -0.2) is 13.8 Å². The number of nitrogens with zero attached hydrogens (tertiary/aromatic N) is 2. The van der Waals surface area contributed by atoms with Crippen molar-refractivity contribution in [1.82, 2.24) is 5.43 Å². The van der Waals surface area contributed by atoms with E-state index in [1.165, 1.54) is 14.0 Å². The van der Waals surface area contributed by atoms with Crippen LogP contribution in [0.5, 0.6) is 5.75 Å². The van der Waals surface area contributed by atoms with Crippen LogP contribution in [0.15, 0.2) is 47.6 Å². The van der Waals surface area contributed by atoms with Crippen LogP contribution in [-0.4, -0.2) is 45.9 Å². The molecule has 0 saturated heterocycles. The van der Waals surface area contributed by atoms with Gasteiger partial charge in [-0.05, 0) is 49.2 Å².